The SMILES string of the molecule is CC(c1ccc(Cl)cc1Cl)N(C)c1ccc(C#N)nn1. The molecular weight excluding hydrogens is 295 g/mol. The Morgan fingerprint density at radius 2 is 1.95 bits per heavy atom. The van der Waals surface area contributed by atoms with E-state index >= 15 is 0 Å². The third kappa shape index (κ3) is 3.01. The van der Waals surface area contributed by atoms with Crippen LogP contribution in [0.1, 0.15) is 24.2 Å². The number of rotatable bonds is 3. The van der Waals surface area contributed by atoms with E-state index in [-0.39, 0.29) is 6.04 Å². The molecule has 20 heavy (non-hydrogen) atoms. The Labute approximate surface area is 127 Å². The van der Waals surface area contributed by atoms with Crippen molar-refractivity contribution >= 4 is 29.0 Å². The number of nitrogens with zero attached hydrogens (tertiary/aromatic N) is 4. The van der Waals surface area contributed by atoms with E-state index in [0.29, 0.717) is 21.6 Å². The van der Waals surface area contributed by atoms with Crippen LogP contribution in [0.3, 0.4) is 0 Å². The molecule has 4 nitrogen and oxygen atoms in total. The Morgan fingerprint density at radius 1 is 1.20 bits per heavy atom. The molecule has 0 saturated carbocycles. The molecule has 0 radical (unpaired) electrons. The Hall–Kier alpha value is -1.83. The monoisotopic (exact) mass is 306 g/mol. The van der Waals surface area contributed by atoms with Gasteiger partial charge >= 0.3 is 0 Å². The summed E-state index contributed by atoms with van der Waals surface area (Å²) < 4.78 is 0. The standard InChI is InChI=1S/C14H12Cl2N4/c1-9(12-5-3-10(15)7-13(12)16)20(2)14-6-4-11(8-17)18-19-14/h3-7,9H,1-2H3. The highest BCUT2D eigenvalue weighted by atomic mass is 35.5. The molecule has 0 amide bonds. The fraction of sp³-hybridized carbons (Fsp3) is 0.214. The van der Waals surface area contributed by atoms with Gasteiger partial charge < -0.3 is 4.90 Å². The predicted octanol–water partition coefficient (Wildman–Crippen LogP) is 3.85. The minimum atomic E-state index is 0.00185. The summed E-state index contributed by atoms with van der Waals surface area (Å²) in [5, 5.41) is 17.8. The number of hydrogen-bond donors (Lipinski definition) is 0. The van der Waals surface area contributed by atoms with Gasteiger partial charge in [-0.05, 0) is 36.8 Å². The van der Waals surface area contributed by atoms with Crippen molar-refractivity contribution in [3.05, 3.63) is 51.6 Å². The number of nitriles is 1. The molecule has 0 aliphatic carbocycles. The molecule has 1 aromatic carbocycles. The quantitative estimate of drug-likeness (QED) is 0.864. The molecule has 0 saturated heterocycles. The first-order valence-electron chi connectivity index (χ1n) is 5.94. The smallest absolute Gasteiger partial charge is 0.163 e. The normalized spacial score (nSPS) is 11.8. The van der Waals surface area contributed by atoms with Gasteiger partial charge in [0.15, 0.2) is 11.5 Å². The van der Waals surface area contributed by atoms with E-state index in [0.717, 1.165) is 5.56 Å². The van der Waals surface area contributed by atoms with Gasteiger partial charge in [0, 0.05) is 17.1 Å². The average molecular weight is 307 g/mol. The molecule has 0 bridgehead atoms. The molecule has 1 unspecified atom stereocenters. The molecule has 0 aliphatic rings. The third-order valence-corrected chi connectivity index (χ3v) is 3.68. The van der Waals surface area contributed by atoms with E-state index in [1.165, 1.54) is 0 Å². The third-order valence-electron chi connectivity index (χ3n) is 3.12. The van der Waals surface area contributed by atoms with E-state index in [1.54, 1.807) is 24.3 Å². The van der Waals surface area contributed by atoms with Crippen molar-refractivity contribution in [1.82, 2.24) is 10.2 Å². The number of halogens is 2. The first-order chi connectivity index (χ1) is 9.52. The highest BCUT2D eigenvalue weighted by Gasteiger charge is 2.16. The largest absolute Gasteiger partial charge is 0.351 e. The summed E-state index contributed by atoms with van der Waals surface area (Å²) in [5.74, 6) is 0.669. The number of hydrogen-bond acceptors (Lipinski definition) is 4. The second kappa shape index (κ2) is 6.08. The molecule has 0 fully saturated rings. The van der Waals surface area contributed by atoms with Crippen molar-refractivity contribution in [2.45, 2.75) is 13.0 Å². The zero-order valence-corrected chi connectivity index (χ0v) is 12.5. The van der Waals surface area contributed by atoms with Crippen molar-refractivity contribution in [1.29, 1.82) is 5.26 Å². The Balaban J connectivity index is 2.27. The van der Waals surface area contributed by atoms with Crippen molar-refractivity contribution in [2.24, 2.45) is 0 Å². The van der Waals surface area contributed by atoms with Crippen LogP contribution in [-0.4, -0.2) is 17.2 Å². The minimum Gasteiger partial charge on any atom is -0.351 e. The van der Waals surface area contributed by atoms with E-state index in [9.17, 15) is 0 Å². The Morgan fingerprint density at radius 3 is 2.50 bits per heavy atom. The van der Waals surface area contributed by atoms with E-state index in [2.05, 4.69) is 10.2 Å². The highest BCUT2D eigenvalue weighted by Crippen LogP contribution is 2.30. The molecule has 1 atom stereocenters. The van der Waals surface area contributed by atoms with Gasteiger partial charge in [0.25, 0.3) is 0 Å². The van der Waals surface area contributed by atoms with Crippen LogP contribution in [-0.2, 0) is 0 Å². The summed E-state index contributed by atoms with van der Waals surface area (Å²) >= 11 is 12.1. The van der Waals surface area contributed by atoms with E-state index in [4.69, 9.17) is 28.5 Å². The molecule has 102 valence electrons. The van der Waals surface area contributed by atoms with Gasteiger partial charge in [-0.3, -0.25) is 0 Å². The molecule has 2 rings (SSSR count). The lowest BCUT2D eigenvalue weighted by molar-refractivity contribution is 0.720. The molecular formula is C14H12Cl2N4. The summed E-state index contributed by atoms with van der Waals surface area (Å²) in [6.45, 7) is 2.01. The summed E-state index contributed by atoms with van der Waals surface area (Å²) in [4.78, 5) is 1.93. The van der Waals surface area contributed by atoms with Crippen LogP contribution in [0.25, 0.3) is 0 Å². The minimum absolute atomic E-state index is 0.00185. The van der Waals surface area contributed by atoms with Gasteiger partial charge in [-0.2, -0.15) is 5.26 Å². The highest BCUT2D eigenvalue weighted by molar-refractivity contribution is 6.35. The lowest BCUT2D eigenvalue weighted by Crippen LogP contribution is -2.23. The van der Waals surface area contributed by atoms with E-state index in [1.807, 2.05) is 31.0 Å². The zero-order valence-electron chi connectivity index (χ0n) is 11.0. The fourth-order valence-electron chi connectivity index (χ4n) is 1.82. The van der Waals surface area contributed by atoms with Gasteiger partial charge in [0.1, 0.15) is 6.07 Å². The molecule has 1 aromatic heterocycles. The summed E-state index contributed by atoms with van der Waals surface area (Å²) in [6.07, 6.45) is 0. The number of anilines is 1. The van der Waals surface area contributed by atoms with Crippen LogP contribution in [0, 0.1) is 11.3 Å². The summed E-state index contributed by atoms with van der Waals surface area (Å²) in [7, 11) is 1.89. The average Bonchev–Trinajstić information content (AvgIpc) is 2.46. The van der Waals surface area contributed by atoms with Gasteiger partial charge in [-0.1, -0.05) is 29.3 Å². The van der Waals surface area contributed by atoms with Crippen LogP contribution in [0.4, 0.5) is 5.82 Å². The first-order valence-corrected chi connectivity index (χ1v) is 6.70. The molecule has 0 spiro atoms. The lowest BCUT2D eigenvalue weighted by atomic mass is 10.1. The molecule has 0 N–H and O–H groups in total. The maximum atomic E-state index is 8.72. The number of aromatic nitrogens is 2. The van der Waals surface area contributed by atoms with Crippen molar-refractivity contribution in [3.8, 4) is 6.07 Å². The Bertz CT molecular complexity index is 649. The van der Waals surface area contributed by atoms with E-state index < -0.39 is 0 Å². The maximum Gasteiger partial charge on any atom is 0.163 e. The second-order valence-electron chi connectivity index (χ2n) is 4.34. The summed E-state index contributed by atoms with van der Waals surface area (Å²) in [6, 6.07) is 10.7. The zero-order chi connectivity index (χ0) is 14.7. The maximum absolute atomic E-state index is 8.72. The molecule has 2 aromatic rings. The molecule has 1 heterocycles. The first kappa shape index (κ1) is 14.6. The second-order valence-corrected chi connectivity index (χ2v) is 5.18. The van der Waals surface area contributed by atoms with Crippen molar-refractivity contribution in [2.75, 3.05) is 11.9 Å². The van der Waals surface area contributed by atoms with Crippen molar-refractivity contribution < 1.29 is 0 Å². The van der Waals surface area contributed by atoms with Crippen molar-refractivity contribution in [3.63, 3.8) is 0 Å². The van der Waals surface area contributed by atoms with Crippen LogP contribution < -0.4 is 4.90 Å². The van der Waals surface area contributed by atoms with Gasteiger partial charge in [-0.15, -0.1) is 10.2 Å². The molecule has 0 aliphatic heterocycles. The van der Waals surface area contributed by atoms with Gasteiger partial charge in [-0.25, -0.2) is 0 Å². The van der Waals surface area contributed by atoms with Crippen LogP contribution in [0.15, 0.2) is 30.3 Å². The van der Waals surface area contributed by atoms with Crippen LogP contribution in [0.2, 0.25) is 10.0 Å². The van der Waals surface area contributed by atoms with Gasteiger partial charge in [0.2, 0.25) is 0 Å². The Kier molecular flexibility index (Phi) is 4.43. The lowest BCUT2D eigenvalue weighted by Gasteiger charge is -2.26. The molecule has 6 heteroatoms. The predicted molar refractivity (Wildman–Crippen MR) is 80.0 cm³/mol. The van der Waals surface area contributed by atoms with Crippen LogP contribution >= 0.6 is 23.2 Å². The summed E-state index contributed by atoms with van der Waals surface area (Å²) in [5.41, 5.74) is 1.24. The van der Waals surface area contributed by atoms with Crippen LogP contribution in [0.5, 0.6) is 0 Å². The topological polar surface area (TPSA) is 52.8 Å². The number of benzene rings is 1. The van der Waals surface area contributed by atoms with Gasteiger partial charge in [0.05, 0.1) is 6.04 Å². The fourth-order valence-corrected chi connectivity index (χ4v) is 2.39.